The van der Waals surface area contributed by atoms with Crippen LogP contribution in [0.2, 0.25) is 0 Å². The van der Waals surface area contributed by atoms with Crippen molar-refractivity contribution in [2.75, 3.05) is 12.3 Å². The number of rotatable bonds is 4. The maximum absolute atomic E-state index is 6.06. The average Bonchev–Trinajstić information content (AvgIpc) is 2.40. The van der Waals surface area contributed by atoms with Gasteiger partial charge < -0.3 is 11.1 Å². The van der Waals surface area contributed by atoms with Crippen molar-refractivity contribution in [3.05, 3.63) is 58.8 Å². The third-order valence-electron chi connectivity index (χ3n) is 3.30. The molecule has 1 aromatic heterocycles. The predicted molar refractivity (Wildman–Crippen MR) is 80.1 cm³/mol. The summed E-state index contributed by atoms with van der Waals surface area (Å²) in [5.41, 5.74) is 10.7. The Balaban J connectivity index is 2.51. The Labute approximate surface area is 114 Å². The molecule has 0 spiro atoms. The van der Waals surface area contributed by atoms with E-state index in [1.54, 1.807) is 6.20 Å². The monoisotopic (exact) mass is 255 g/mol. The molecule has 3 heteroatoms. The van der Waals surface area contributed by atoms with E-state index >= 15 is 0 Å². The summed E-state index contributed by atoms with van der Waals surface area (Å²) in [5.74, 6) is 0.597. The first kappa shape index (κ1) is 13.6. The Hall–Kier alpha value is -1.87. The molecule has 1 aromatic carbocycles. The van der Waals surface area contributed by atoms with E-state index in [1.807, 2.05) is 6.92 Å². The second-order valence-electron chi connectivity index (χ2n) is 4.83. The quantitative estimate of drug-likeness (QED) is 0.883. The van der Waals surface area contributed by atoms with Crippen molar-refractivity contribution in [1.82, 2.24) is 10.3 Å². The van der Waals surface area contributed by atoms with Gasteiger partial charge in [-0.25, -0.2) is 4.98 Å². The number of aryl methyl sites for hydroxylation is 2. The maximum Gasteiger partial charge on any atom is 0.128 e. The van der Waals surface area contributed by atoms with Crippen LogP contribution in [0.1, 0.15) is 35.2 Å². The molecule has 1 atom stereocenters. The number of pyridine rings is 1. The van der Waals surface area contributed by atoms with Gasteiger partial charge in [-0.3, -0.25) is 0 Å². The second kappa shape index (κ2) is 5.85. The molecule has 1 heterocycles. The lowest BCUT2D eigenvalue weighted by atomic mass is 9.94. The lowest BCUT2D eigenvalue weighted by Crippen LogP contribution is -2.24. The molecule has 0 bridgehead atoms. The zero-order chi connectivity index (χ0) is 13.8. The molecule has 0 fully saturated rings. The number of nitrogens with two attached hydrogens (primary N) is 1. The number of nitrogens with zero attached hydrogens (tertiary/aromatic N) is 1. The summed E-state index contributed by atoms with van der Waals surface area (Å²) in [6.07, 6.45) is 1.81. The number of hydrogen-bond acceptors (Lipinski definition) is 3. The molecular weight excluding hydrogens is 234 g/mol. The van der Waals surface area contributed by atoms with Crippen LogP contribution < -0.4 is 11.1 Å². The van der Waals surface area contributed by atoms with E-state index < -0.39 is 0 Å². The summed E-state index contributed by atoms with van der Waals surface area (Å²) in [7, 11) is 0. The van der Waals surface area contributed by atoms with Crippen LogP contribution in [0.5, 0.6) is 0 Å². The molecule has 0 aliphatic rings. The van der Waals surface area contributed by atoms with E-state index in [0.717, 1.165) is 17.7 Å². The van der Waals surface area contributed by atoms with Crippen molar-refractivity contribution in [3.63, 3.8) is 0 Å². The van der Waals surface area contributed by atoms with Crippen LogP contribution in [0.4, 0.5) is 5.82 Å². The summed E-state index contributed by atoms with van der Waals surface area (Å²) in [6.45, 7) is 7.15. The van der Waals surface area contributed by atoms with Crippen LogP contribution in [0.3, 0.4) is 0 Å². The third kappa shape index (κ3) is 2.93. The van der Waals surface area contributed by atoms with Gasteiger partial charge in [0.05, 0.1) is 6.04 Å². The molecule has 0 aliphatic carbocycles. The first-order chi connectivity index (χ1) is 9.13. The molecule has 1 unspecified atom stereocenters. The zero-order valence-corrected chi connectivity index (χ0v) is 11.8. The highest BCUT2D eigenvalue weighted by atomic mass is 14.9. The van der Waals surface area contributed by atoms with Crippen molar-refractivity contribution >= 4 is 5.82 Å². The van der Waals surface area contributed by atoms with E-state index in [1.165, 1.54) is 11.1 Å². The van der Waals surface area contributed by atoms with E-state index in [2.05, 4.69) is 54.5 Å². The van der Waals surface area contributed by atoms with E-state index in [-0.39, 0.29) is 6.04 Å². The minimum Gasteiger partial charge on any atom is -0.383 e. The molecular formula is C16H21N3. The van der Waals surface area contributed by atoms with Crippen molar-refractivity contribution in [2.24, 2.45) is 0 Å². The Kier molecular flexibility index (Phi) is 4.17. The van der Waals surface area contributed by atoms with Gasteiger partial charge in [0.25, 0.3) is 0 Å². The number of hydrogen-bond donors (Lipinski definition) is 2. The van der Waals surface area contributed by atoms with Crippen LogP contribution >= 0.6 is 0 Å². The molecule has 0 amide bonds. The molecule has 0 radical (unpaired) electrons. The number of nitrogens with one attached hydrogen (secondary N) is 1. The summed E-state index contributed by atoms with van der Waals surface area (Å²) in [6, 6.07) is 10.6. The summed E-state index contributed by atoms with van der Waals surface area (Å²) in [5, 5.41) is 3.50. The van der Waals surface area contributed by atoms with Crippen molar-refractivity contribution in [2.45, 2.75) is 26.8 Å². The van der Waals surface area contributed by atoms with Crippen LogP contribution in [0.25, 0.3) is 0 Å². The number of anilines is 1. The standard InChI is InChI=1S/C16H21N3/c1-4-18-15(13-8-6-5-7-12(13)3)14-9-11(2)10-19-16(14)17/h5-10,15,18H,4H2,1-3H3,(H2,17,19). The minimum atomic E-state index is 0.0959. The maximum atomic E-state index is 6.06. The van der Waals surface area contributed by atoms with E-state index in [0.29, 0.717) is 5.82 Å². The van der Waals surface area contributed by atoms with Gasteiger partial charge >= 0.3 is 0 Å². The zero-order valence-electron chi connectivity index (χ0n) is 11.8. The topological polar surface area (TPSA) is 50.9 Å². The third-order valence-corrected chi connectivity index (χ3v) is 3.30. The molecule has 0 saturated carbocycles. The van der Waals surface area contributed by atoms with Crippen molar-refractivity contribution in [1.29, 1.82) is 0 Å². The molecule has 3 nitrogen and oxygen atoms in total. The van der Waals surface area contributed by atoms with Gasteiger partial charge in [-0.05, 0) is 43.1 Å². The highest BCUT2D eigenvalue weighted by molar-refractivity contribution is 5.48. The Morgan fingerprint density at radius 1 is 1.21 bits per heavy atom. The first-order valence-corrected chi connectivity index (χ1v) is 6.64. The van der Waals surface area contributed by atoms with Gasteiger partial charge in [0.15, 0.2) is 0 Å². The van der Waals surface area contributed by atoms with Gasteiger partial charge in [0.1, 0.15) is 5.82 Å². The van der Waals surface area contributed by atoms with E-state index in [4.69, 9.17) is 5.73 Å². The summed E-state index contributed by atoms with van der Waals surface area (Å²) < 4.78 is 0. The van der Waals surface area contributed by atoms with Gasteiger partial charge in [0, 0.05) is 11.8 Å². The largest absolute Gasteiger partial charge is 0.383 e. The fourth-order valence-electron chi connectivity index (χ4n) is 2.34. The Bertz CT molecular complexity index is 564. The minimum absolute atomic E-state index is 0.0959. The lowest BCUT2D eigenvalue weighted by molar-refractivity contribution is 0.627. The Morgan fingerprint density at radius 3 is 2.63 bits per heavy atom. The number of aromatic nitrogens is 1. The van der Waals surface area contributed by atoms with Gasteiger partial charge in [-0.2, -0.15) is 0 Å². The average molecular weight is 255 g/mol. The SMILES string of the molecule is CCNC(c1ccccc1C)c1cc(C)cnc1N. The smallest absolute Gasteiger partial charge is 0.128 e. The van der Waals surface area contributed by atoms with E-state index in [9.17, 15) is 0 Å². The highest BCUT2D eigenvalue weighted by Crippen LogP contribution is 2.28. The van der Waals surface area contributed by atoms with Crippen LogP contribution in [0.15, 0.2) is 36.5 Å². The van der Waals surface area contributed by atoms with Crippen LogP contribution in [-0.2, 0) is 0 Å². The first-order valence-electron chi connectivity index (χ1n) is 6.64. The van der Waals surface area contributed by atoms with Crippen LogP contribution in [-0.4, -0.2) is 11.5 Å². The summed E-state index contributed by atoms with van der Waals surface area (Å²) in [4.78, 5) is 4.27. The number of nitrogen functional groups attached to an aromatic ring is 1. The molecule has 100 valence electrons. The van der Waals surface area contributed by atoms with Crippen molar-refractivity contribution in [3.8, 4) is 0 Å². The van der Waals surface area contributed by atoms with Crippen molar-refractivity contribution < 1.29 is 0 Å². The fraction of sp³-hybridized carbons (Fsp3) is 0.312. The van der Waals surface area contributed by atoms with Crippen LogP contribution in [0, 0.1) is 13.8 Å². The molecule has 3 N–H and O–H groups in total. The lowest BCUT2D eigenvalue weighted by Gasteiger charge is -2.22. The highest BCUT2D eigenvalue weighted by Gasteiger charge is 2.18. The second-order valence-corrected chi connectivity index (χ2v) is 4.83. The molecule has 2 rings (SSSR count). The molecule has 19 heavy (non-hydrogen) atoms. The normalized spacial score (nSPS) is 12.4. The Morgan fingerprint density at radius 2 is 1.95 bits per heavy atom. The van der Waals surface area contributed by atoms with Gasteiger partial charge in [0.2, 0.25) is 0 Å². The predicted octanol–water partition coefficient (Wildman–Crippen LogP) is 2.98. The molecule has 0 saturated heterocycles. The van der Waals surface area contributed by atoms with Gasteiger partial charge in [-0.1, -0.05) is 31.2 Å². The number of benzene rings is 1. The van der Waals surface area contributed by atoms with Gasteiger partial charge in [-0.15, -0.1) is 0 Å². The summed E-state index contributed by atoms with van der Waals surface area (Å²) >= 11 is 0. The fourth-order valence-corrected chi connectivity index (χ4v) is 2.34. The molecule has 0 aliphatic heterocycles. The molecule has 2 aromatic rings.